The molecule has 1 aliphatic rings. The molecule has 0 spiro atoms. The van der Waals surface area contributed by atoms with E-state index in [1.165, 1.54) is 31.2 Å². The van der Waals surface area contributed by atoms with E-state index in [1.54, 1.807) is 42.6 Å². The molecule has 1 N–H and O–H groups in total. The number of rotatable bonds is 3. The quantitative estimate of drug-likeness (QED) is 0.499. The molecule has 154 valence electrons. The molecule has 0 saturated carbocycles. The number of amides is 2. The highest BCUT2D eigenvalue weighted by Gasteiger charge is 2.28. The first-order valence-electron chi connectivity index (χ1n) is 9.59. The van der Waals surface area contributed by atoms with Gasteiger partial charge in [-0.05, 0) is 72.7 Å². The van der Waals surface area contributed by atoms with Crippen LogP contribution in [0.25, 0.3) is 6.08 Å². The lowest BCUT2D eigenvalue weighted by molar-refractivity contribution is 0.0897. The minimum Gasteiger partial charge on any atom is -0.361 e. The Balaban J connectivity index is 1.81. The third-order valence-corrected chi connectivity index (χ3v) is 5.23. The Kier molecular flexibility index (Phi) is 5.69. The van der Waals surface area contributed by atoms with Crippen LogP contribution in [0.3, 0.4) is 0 Å². The smallest absolute Gasteiger partial charge is 0.265 e. The van der Waals surface area contributed by atoms with Crippen LogP contribution in [0.4, 0.5) is 15.8 Å². The van der Waals surface area contributed by atoms with Crippen molar-refractivity contribution in [3.63, 3.8) is 0 Å². The van der Waals surface area contributed by atoms with Gasteiger partial charge in [-0.1, -0.05) is 35.9 Å². The average molecular weight is 433 g/mol. The van der Waals surface area contributed by atoms with E-state index < -0.39 is 17.6 Å². The van der Waals surface area contributed by atoms with Crippen LogP contribution in [0, 0.1) is 12.7 Å². The summed E-state index contributed by atoms with van der Waals surface area (Å²) in [5.74, 6) is -1.68. The number of imide groups is 1. The van der Waals surface area contributed by atoms with E-state index in [2.05, 4.69) is 5.32 Å². The summed E-state index contributed by atoms with van der Waals surface area (Å²) in [7, 11) is 0. The molecular formula is C25H18ClFN2O2. The maximum atomic E-state index is 14.1. The van der Waals surface area contributed by atoms with Crippen molar-refractivity contribution in [3.8, 4) is 0 Å². The maximum absolute atomic E-state index is 14.1. The summed E-state index contributed by atoms with van der Waals surface area (Å²) in [4.78, 5) is 28.0. The predicted octanol–water partition coefficient (Wildman–Crippen LogP) is 6.23. The number of benzene rings is 3. The molecule has 31 heavy (non-hydrogen) atoms. The molecular weight excluding hydrogens is 415 g/mol. The molecule has 0 atom stereocenters. The van der Waals surface area contributed by atoms with E-state index in [0.29, 0.717) is 16.3 Å². The zero-order chi connectivity index (χ0) is 22.0. The first-order chi connectivity index (χ1) is 15.0. The molecule has 6 heteroatoms. The Morgan fingerprint density at radius 3 is 2.58 bits per heavy atom. The van der Waals surface area contributed by atoms with Gasteiger partial charge in [-0.2, -0.15) is 0 Å². The second-order valence-corrected chi connectivity index (χ2v) is 7.44. The van der Waals surface area contributed by atoms with Crippen LogP contribution in [0.2, 0.25) is 5.02 Å². The first-order valence-corrected chi connectivity index (χ1v) is 9.97. The second-order valence-electron chi connectivity index (χ2n) is 7.00. The fourth-order valence-electron chi connectivity index (χ4n) is 3.35. The van der Waals surface area contributed by atoms with Gasteiger partial charge in [0.2, 0.25) is 0 Å². The van der Waals surface area contributed by atoms with Gasteiger partial charge in [0, 0.05) is 28.0 Å². The van der Waals surface area contributed by atoms with E-state index in [-0.39, 0.29) is 11.1 Å². The highest BCUT2D eigenvalue weighted by atomic mass is 35.5. The molecule has 0 aromatic heterocycles. The lowest BCUT2D eigenvalue weighted by atomic mass is 10.0. The fourth-order valence-corrected chi connectivity index (χ4v) is 3.53. The molecule has 0 bridgehead atoms. The summed E-state index contributed by atoms with van der Waals surface area (Å²) in [5, 5.41) is 3.50. The van der Waals surface area contributed by atoms with Gasteiger partial charge < -0.3 is 5.32 Å². The average Bonchev–Trinajstić information content (AvgIpc) is 3.00. The minimum absolute atomic E-state index is 0.105. The predicted molar refractivity (Wildman–Crippen MR) is 122 cm³/mol. The Morgan fingerprint density at radius 2 is 1.77 bits per heavy atom. The van der Waals surface area contributed by atoms with Crippen LogP contribution in [-0.4, -0.2) is 11.8 Å². The van der Waals surface area contributed by atoms with E-state index >= 15 is 0 Å². The number of nitrogens with one attached hydrogen (secondary N) is 1. The van der Waals surface area contributed by atoms with E-state index in [0.717, 1.165) is 16.2 Å². The summed E-state index contributed by atoms with van der Waals surface area (Å²) < 4.78 is 14.1. The molecule has 1 heterocycles. The van der Waals surface area contributed by atoms with E-state index in [9.17, 15) is 14.0 Å². The number of carbonyl (C=O) groups is 2. The molecule has 1 aliphatic heterocycles. The number of carbonyl (C=O) groups excluding carboxylic acids is 2. The van der Waals surface area contributed by atoms with Gasteiger partial charge in [-0.15, -0.1) is 0 Å². The topological polar surface area (TPSA) is 49.4 Å². The van der Waals surface area contributed by atoms with Crippen molar-refractivity contribution in [2.75, 3.05) is 10.2 Å². The largest absolute Gasteiger partial charge is 0.361 e. The third-order valence-electron chi connectivity index (χ3n) is 4.99. The molecule has 0 aliphatic carbocycles. The van der Waals surface area contributed by atoms with Crippen LogP contribution in [0.1, 0.15) is 31.8 Å². The monoisotopic (exact) mass is 432 g/mol. The molecule has 4 rings (SSSR count). The third kappa shape index (κ3) is 4.13. The number of hydrogen-bond acceptors (Lipinski definition) is 3. The Hall–Kier alpha value is -3.70. The number of hydrogen-bond donors (Lipinski definition) is 1. The Labute approximate surface area is 184 Å². The SMILES string of the molecule is Cc1c(F)cccc1C(=O)N(C(=O)c1ccc2c(c1)C=CC=CN2)c1cccc(Cl)c1. The van der Waals surface area contributed by atoms with Crippen molar-refractivity contribution in [1.82, 2.24) is 0 Å². The van der Waals surface area contributed by atoms with Crippen molar-refractivity contribution in [2.45, 2.75) is 6.92 Å². The van der Waals surface area contributed by atoms with Crippen LogP contribution < -0.4 is 10.2 Å². The van der Waals surface area contributed by atoms with Crippen LogP contribution in [0.15, 0.2) is 79.0 Å². The Morgan fingerprint density at radius 1 is 0.968 bits per heavy atom. The van der Waals surface area contributed by atoms with Crippen molar-refractivity contribution < 1.29 is 14.0 Å². The summed E-state index contributed by atoms with van der Waals surface area (Å²) in [5.41, 5.74) is 2.53. The van der Waals surface area contributed by atoms with Crippen molar-refractivity contribution in [3.05, 3.63) is 112 Å². The standard InChI is InChI=1S/C25H18ClFN2O2/c1-16-21(9-5-10-22(16)27)25(31)29(20-8-4-7-19(26)15-20)24(30)18-11-12-23-17(14-18)6-2-3-13-28-23/h2-15,28H,1H3. The number of allylic oxidation sites excluding steroid dienone is 2. The first kappa shape index (κ1) is 20.6. The van der Waals surface area contributed by atoms with Gasteiger partial charge in [0.1, 0.15) is 5.82 Å². The van der Waals surface area contributed by atoms with Crippen LogP contribution in [-0.2, 0) is 0 Å². The number of halogens is 2. The molecule has 0 unspecified atom stereocenters. The highest BCUT2D eigenvalue weighted by Crippen LogP contribution is 2.27. The van der Waals surface area contributed by atoms with Crippen molar-refractivity contribution >= 4 is 40.9 Å². The summed E-state index contributed by atoms with van der Waals surface area (Å²) >= 11 is 6.13. The number of nitrogens with zero attached hydrogens (tertiary/aromatic N) is 1. The molecule has 0 radical (unpaired) electrons. The zero-order valence-corrected chi connectivity index (χ0v) is 17.4. The van der Waals surface area contributed by atoms with Crippen LogP contribution in [0.5, 0.6) is 0 Å². The molecule has 0 saturated heterocycles. The minimum atomic E-state index is -0.630. The second kappa shape index (κ2) is 8.58. The van der Waals surface area contributed by atoms with Gasteiger partial charge in [-0.25, -0.2) is 9.29 Å². The van der Waals surface area contributed by atoms with Gasteiger partial charge in [0.05, 0.1) is 5.69 Å². The highest BCUT2D eigenvalue weighted by molar-refractivity contribution is 6.32. The molecule has 3 aromatic carbocycles. The van der Waals surface area contributed by atoms with Gasteiger partial charge in [0.15, 0.2) is 0 Å². The molecule has 0 fully saturated rings. The van der Waals surface area contributed by atoms with Gasteiger partial charge in [-0.3, -0.25) is 9.59 Å². The Bertz CT molecular complexity index is 1250. The number of anilines is 2. The normalized spacial score (nSPS) is 12.0. The fraction of sp³-hybridized carbons (Fsp3) is 0.0400. The number of fused-ring (bicyclic) bond motifs is 1. The van der Waals surface area contributed by atoms with Crippen molar-refractivity contribution in [1.29, 1.82) is 0 Å². The van der Waals surface area contributed by atoms with E-state index in [1.807, 2.05) is 18.2 Å². The van der Waals surface area contributed by atoms with Crippen LogP contribution >= 0.6 is 11.6 Å². The van der Waals surface area contributed by atoms with E-state index in [4.69, 9.17) is 11.6 Å². The van der Waals surface area contributed by atoms with Crippen molar-refractivity contribution in [2.24, 2.45) is 0 Å². The maximum Gasteiger partial charge on any atom is 0.265 e. The summed E-state index contributed by atoms with van der Waals surface area (Å²) in [6, 6.07) is 15.8. The van der Waals surface area contributed by atoms with Gasteiger partial charge in [0.25, 0.3) is 11.8 Å². The zero-order valence-electron chi connectivity index (χ0n) is 16.6. The summed E-state index contributed by atoms with van der Waals surface area (Å²) in [6.45, 7) is 1.51. The summed E-state index contributed by atoms with van der Waals surface area (Å²) in [6.07, 6.45) is 7.35. The lowest BCUT2D eigenvalue weighted by Gasteiger charge is -2.23. The van der Waals surface area contributed by atoms with Gasteiger partial charge >= 0.3 is 0 Å². The molecule has 4 nitrogen and oxygen atoms in total. The molecule has 3 aromatic rings. The lowest BCUT2D eigenvalue weighted by Crippen LogP contribution is -2.37. The molecule has 2 amide bonds.